The van der Waals surface area contributed by atoms with Crippen LogP contribution >= 0.6 is 0 Å². The van der Waals surface area contributed by atoms with E-state index in [2.05, 4.69) is 5.32 Å². The third-order valence-electron chi connectivity index (χ3n) is 3.26. The zero-order chi connectivity index (χ0) is 14.0. The first-order valence-electron chi connectivity index (χ1n) is 6.24. The van der Waals surface area contributed by atoms with Crippen LogP contribution in [0.3, 0.4) is 0 Å². The summed E-state index contributed by atoms with van der Waals surface area (Å²) in [6.07, 6.45) is 0. The molecule has 102 valence electrons. The molecule has 1 fully saturated rings. The molecule has 1 N–H and O–H groups in total. The van der Waals surface area contributed by atoms with Gasteiger partial charge in [-0.1, -0.05) is 17.7 Å². The average molecular weight is 262 g/mol. The van der Waals surface area contributed by atoms with E-state index in [4.69, 9.17) is 4.74 Å². The van der Waals surface area contributed by atoms with Crippen molar-refractivity contribution in [3.8, 4) is 5.75 Å². The number of benzene rings is 1. The van der Waals surface area contributed by atoms with Crippen LogP contribution in [0.1, 0.15) is 18.1 Å². The molecule has 0 spiro atoms. The number of carbonyl (C=O) groups is 2. The lowest BCUT2D eigenvalue weighted by Gasteiger charge is -2.30. The summed E-state index contributed by atoms with van der Waals surface area (Å²) in [5.41, 5.74) is 1.91. The fourth-order valence-electron chi connectivity index (χ4n) is 2.15. The summed E-state index contributed by atoms with van der Waals surface area (Å²) in [5.74, 6) is 0.295. The van der Waals surface area contributed by atoms with Crippen LogP contribution in [0.25, 0.3) is 0 Å². The Bertz CT molecular complexity index is 513. The first-order chi connectivity index (χ1) is 9.02. The molecule has 2 amide bonds. The van der Waals surface area contributed by atoms with Crippen LogP contribution in [0.15, 0.2) is 18.2 Å². The molecule has 1 saturated heterocycles. The molecule has 0 bridgehead atoms. The van der Waals surface area contributed by atoms with Crippen LogP contribution in [0.5, 0.6) is 5.75 Å². The zero-order valence-corrected chi connectivity index (χ0v) is 11.4. The highest BCUT2D eigenvalue weighted by Gasteiger charge is 2.31. The second-order valence-electron chi connectivity index (χ2n) is 4.74. The third kappa shape index (κ3) is 2.76. The molecule has 1 aromatic rings. The number of hydrogen-bond donors (Lipinski definition) is 1. The molecule has 1 aliphatic rings. The van der Waals surface area contributed by atoms with Gasteiger partial charge in [0.2, 0.25) is 11.8 Å². The van der Waals surface area contributed by atoms with Gasteiger partial charge in [-0.15, -0.1) is 0 Å². The van der Waals surface area contributed by atoms with Gasteiger partial charge in [0.25, 0.3) is 0 Å². The van der Waals surface area contributed by atoms with Gasteiger partial charge in [-0.05, 0) is 19.9 Å². The Morgan fingerprint density at radius 2 is 2.16 bits per heavy atom. The lowest BCUT2D eigenvalue weighted by molar-refractivity contribution is -0.149. The molecule has 5 heteroatoms. The largest absolute Gasteiger partial charge is 0.496 e. The summed E-state index contributed by atoms with van der Waals surface area (Å²) in [5, 5.41) is 2.87. The van der Waals surface area contributed by atoms with E-state index in [1.165, 1.54) is 4.90 Å². The Kier molecular flexibility index (Phi) is 3.85. The number of imide groups is 1. The van der Waals surface area contributed by atoms with Gasteiger partial charge < -0.3 is 4.74 Å². The molecule has 1 atom stereocenters. The third-order valence-corrected chi connectivity index (χ3v) is 3.26. The summed E-state index contributed by atoms with van der Waals surface area (Å²) in [7, 11) is 1.58. The Hall–Kier alpha value is -1.88. The molecule has 2 rings (SSSR count). The highest BCUT2D eigenvalue weighted by molar-refractivity contribution is 6.00. The zero-order valence-electron chi connectivity index (χ0n) is 11.4. The maximum absolute atomic E-state index is 12.0. The SMILES string of the molecule is COc1ccc(C)cc1CN1C(=O)CNC(C)C1=O. The van der Waals surface area contributed by atoms with Gasteiger partial charge in [-0.25, -0.2) is 0 Å². The summed E-state index contributed by atoms with van der Waals surface area (Å²) >= 11 is 0. The maximum Gasteiger partial charge on any atom is 0.246 e. The quantitative estimate of drug-likeness (QED) is 0.820. The van der Waals surface area contributed by atoms with E-state index < -0.39 is 0 Å². The van der Waals surface area contributed by atoms with Crippen molar-refractivity contribution in [1.29, 1.82) is 0 Å². The Balaban J connectivity index is 2.26. The first-order valence-corrected chi connectivity index (χ1v) is 6.24. The molecule has 0 aliphatic carbocycles. The molecule has 1 aliphatic heterocycles. The summed E-state index contributed by atoms with van der Waals surface area (Å²) < 4.78 is 5.27. The van der Waals surface area contributed by atoms with E-state index in [-0.39, 0.29) is 30.9 Å². The van der Waals surface area contributed by atoms with Gasteiger partial charge >= 0.3 is 0 Å². The second-order valence-corrected chi connectivity index (χ2v) is 4.74. The molecule has 0 saturated carbocycles. The van der Waals surface area contributed by atoms with Gasteiger partial charge in [0, 0.05) is 5.56 Å². The van der Waals surface area contributed by atoms with E-state index >= 15 is 0 Å². The number of piperazine rings is 1. The smallest absolute Gasteiger partial charge is 0.246 e. The minimum Gasteiger partial charge on any atom is -0.496 e. The van der Waals surface area contributed by atoms with Crippen molar-refractivity contribution in [2.45, 2.75) is 26.4 Å². The normalized spacial score (nSPS) is 19.7. The number of rotatable bonds is 3. The van der Waals surface area contributed by atoms with E-state index in [0.29, 0.717) is 5.75 Å². The number of hydrogen-bond acceptors (Lipinski definition) is 4. The number of amides is 2. The van der Waals surface area contributed by atoms with E-state index in [0.717, 1.165) is 11.1 Å². The average Bonchev–Trinajstić information content (AvgIpc) is 2.39. The molecule has 5 nitrogen and oxygen atoms in total. The number of carbonyl (C=O) groups excluding carboxylic acids is 2. The van der Waals surface area contributed by atoms with Gasteiger partial charge in [0.1, 0.15) is 5.75 Å². The molecule has 0 aromatic heterocycles. The summed E-state index contributed by atoms with van der Waals surface area (Å²) in [4.78, 5) is 25.2. The number of methoxy groups -OCH3 is 1. The number of aryl methyl sites for hydroxylation is 1. The topological polar surface area (TPSA) is 58.6 Å². The molecule has 0 radical (unpaired) electrons. The van der Waals surface area contributed by atoms with Gasteiger partial charge in [0.15, 0.2) is 0 Å². The Morgan fingerprint density at radius 1 is 1.42 bits per heavy atom. The minimum absolute atomic E-state index is 0.195. The van der Waals surface area contributed by atoms with Crippen LogP contribution in [0.2, 0.25) is 0 Å². The lowest BCUT2D eigenvalue weighted by Crippen LogP contribution is -2.56. The van der Waals surface area contributed by atoms with Crippen LogP contribution in [0.4, 0.5) is 0 Å². The molecule has 19 heavy (non-hydrogen) atoms. The van der Waals surface area contributed by atoms with Gasteiger partial charge in [-0.3, -0.25) is 19.8 Å². The van der Waals surface area contributed by atoms with E-state index in [9.17, 15) is 9.59 Å². The lowest BCUT2D eigenvalue weighted by atomic mass is 10.1. The van der Waals surface area contributed by atoms with Crippen molar-refractivity contribution in [2.75, 3.05) is 13.7 Å². The number of ether oxygens (including phenoxy) is 1. The molecule has 1 heterocycles. The highest BCUT2D eigenvalue weighted by Crippen LogP contribution is 2.22. The summed E-state index contributed by atoms with van der Waals surface area (Å²) in [6.45, 7) is 4.18. The highest BCUT2D eigenvalue weighted by atomic mass is 16.5. The van der Waals surface area contributed by atoms with Crippen molar-refractivity contribution in [3.05, 3.63) is 29.3 Å². The van der Waals surface area contributed by atoms with E-state index in [1.807, 2.05) is 25.1 Å². The summed E-state index contributed by atoms with van der Waals surface area (Å²) in [6, 6.07) is 5.40. The Morgan fingerprint density at radius 3 is 2.84 bits per heavy atom. The predicted molar refractivity (Wildman–Crippen MR) is 70.8 cm³/mol. The second kappa shape index (κ2) is 5.40. The van der Waals surface area contributed by atoms with E-state index in [1.54, 1.807) is 14.0 Å². The maximum atomic E-state index is 12.0. The molecule has 1 unspecified atom stereocenters. The van der Waals surface area contributed by atoms with Gasteiger partial charge in [0.05, 0.1) is 26.2 Å². The van der Waals surface area contributed by atoms with Crippen molar-refractivity contribution in [1.82, 2.24) is 10.2 Å². The monoisotopic (exact) mass is 262 g/mol. The van der Waals surface area contributed by atoms with Crippen LogP contribution < -0.4 is 10.1 Å². The van der Waals surface area contributed by atoms with Crippen LogP contribution in [-0.2, 0) is 16.1 Å². The molecular weight excluding hydrogens is 244 g/mol. The predicted octanol–water partition coefficient (Wildman–Crippen LogP) is 0.851. The van der Waals surface area contributed by atoms with Crippen molar-refractivity contribution in [3.63, 3.8) is 0 Å². The minimum atomic E-state index is -0.325. The van der Waals surface area contributed by atoms with Crippen molar-refractivity contribution >= 4 is 11.8 Å². The number of nitrogens with one attached hydrogen (secondary N) is 1. The molecular formula is C14H18N2O3. The van der Waals surface area contributed by atoms with Crippen molar-refractivity contribution in [2.24, 2.45) is 0 Å². The Labute approximate surface area is 112 Å². The van der Waals surface area contributed by atoms with Crippen LogP contribution in [0, 0.1) is 6.92 Å². The first kappa shape index (κ1) is 13.5. The fraction of sp³-hybridized carbons (Fsp3) is 0.429. The fourth-order valence-corrected chi connectivity index (χ4v) is 2.15. The standard InChI is InChI=1S/C14H18N2O3/c1-9-4-5-12(19-3)11(6-9)8-16-13(17)7-15-10(2)14(16)18/h4-6,10,15H,7-8H2,1-3H3. The molecule has 1 aromatic carbocycles. The van der Waals surface area contributed by atoms with Gasteiger partial charge in [-0.2, -0.15) is 0 Å². The van der Waals surface area contributed by atoms with Crippen molar-refractivity contribution < 1.29 is 14.3 Å². The van der Waals surface area contributed by atoms with Crippen LogP contribution in [-0.4, -0.2) is 36.4 Å². The number of nitrogens with zero attached hydrogens (tertiary/aromatic N) is 1.